The van der Waals surface area contributed by atoms with E-state index in [2.05, 4.69) is 61.1 Å². The maximum Gasteiger partial charge on any atom is 0.0900 e. The summed E-state index contributed by atoms with van der Waals surface area (Å²) >= 11 is 25.4. The molecule has 0 amide bonds. The Balaban J connectivity index is 1.63. The standard InChI is InChI=1S/C33H31Cl4N5/c1-32(2)17-20(18-33(3,4)41-32)39-28-16-31-29(15-27(28)38-19-9-11-22(34)24(36)13-19)40-26-7-5-6-8-30(26)42(31)21-10-12-23(35)25(37)14-21/h5-16,20,38,41H,17-18H2,1-4H3. The lowest BCUT2D eigenvalue weighted by Gasteiger charge is -2.45. The van der Waals surface area contributed by atoms with Crippen molar-refractivity contribution in [1.82, 2.24) is 14.9 Å². The molecule has 3 aromatic rings. The minimum absolute atomic E-state index is 0.0538. The van der Waals surface area contributed by atoms with Crippen molar-refractivity contribution in [3.8, 4) is 17.1 Å². The number of nitrogens with zero attached hydrogens (tertiary/aromatic N) is 3. The van der Waals surface area contributed by atoms with Crippen LogP contribution in [-0.4, -0.2) is 26.7 Å². The van der Waals surface area contributed by atoms with Crippen LogP contribution in [-0.2, 0) is 0 Å². The average Bonchev–Trinajstić information content (AvgIpc) is 2.90. The zero-order valence-electron chi connectivity index (χ0n) is 23.8. The van der Waals surface area contributed by atoms with Crippen molar-refractivity contribution in [2.75, 3.05) is 5.32 Å². The molecule has 42 heavy (non-hydrogen) atoms. The Labute approximate surface area is 265 Å². The summed E-state index contributed by atoms with van der Waals surface area (Å²) in [5.74, 6) is 0. The van der Waals surface area contributed by atoms with Crippen LogP contribution in [0.15, 0.2) is 77.8 Å². The number of para-hydroxylation sites is 2. The molecule has 1 aliphatic carbocycles. The summed E-state index contributed by atoms with van der Waals surface area (Å²) in [7, 11) is 0. The fourth-order valence-corrected chi connectivity index (χ4v) is 6.83. The molecule has 0 atom stereocenters. The fourth-order valence-electron chi connectivity index (χ4n) is 6.24. The molecule has 2 heterocycles. The van der Waals surface area contributed by atoms with Crippen molar-refractivity contribution in [3.63, 3.8) is 0 Å². The quantitative estimate of drug-likeness (QED) is 0.193. The van der Waals surface area contributed by atoms with Crippen LogP contribution in [0.1, 0.15) is 40.5 Å². The van der Waals surface area contributed by atoms with Gasteiger partial charge in [-0.2, -0.15) is 0 Å². The summed E-state index contributed by atoms with van der Waals surface area (Å²) < 4.78 is 2.16. The van der Waals surface area contributed by atoms with E-state index in [1.54, 1.807) is 6.07 Å². The van der Waals surface area contributed by atoms with Gasteiger partial charge in [-0.15, -0.1) is 0 Å². The molecule has 3 aliphatic rings. The highest BCUT2D eigenvalue weighted by Crippen LogP contribution is 2.35. The van der Waals surface area contributed by atoms with E-state index >= 15 is 0 Å². The summed E-state index contributed by atoms with van der Waals surface area (Å²) in [4.78, 5) is 10.4. The van der Waals surface area contributed by atoms with Crippen LogP contribution in [0, 0.1) is 0 Å². The molecule has 0 aromatic heterocycles. The third-order valence-corrected chi connectivity index (χ3v) is 9.03. The Morgan fingerprint density at radius 3 is 2.17 bits per heavy atom. The van der Waals surface area contributed by atoms with E-state index in [1.165, 1.54) is 0 Å². The normalized spacial score (nSPS) is 17.2. The number of nitrogens with one attached hydrogen (secondary N) is 2. The van der Waals surface area contributed by atoms with Gasteiger partial charge in [0.05, 0.1) is 59.6 Å². The first-order chi connectivity index (χ1) is 19.9. The monoisotopic (exact) mass is 637 g/mol. The van der Waals surface area contributed by atoms with Crippen LogP contribution in [0.25, 0.3) is 28.1 Å². The molecule has 216 valence electrons. The van der Waals surface area contributed by atoms with Crippen LogP contribution < -0.4 is 16.0 Å². The van der Waals surface area contributed by atoms with Crippen LogP contribution in [0.3, 0.4) is 0 Å². The first kappa shape index (κ1) is 29.3. The third-order valence-electron chi connectivity index (χ3n) is 7.55. The predicted molar refractivity (Wildman–Crippen MR) is 177 cm³/mol. The lowest BCUT2D eigenvalue weighted by molar-refractivity contribution is 0.163. The summed E-state index contributed by atoms with van der Waals surface area (Å²) in [5, 5.41) is 10.1. The second kappa shape index (κ2) is 11.0. The highest BCUT2D eigenvalue weighted by Gasteiger charge is 2.37. The third kappa shape index (κ3) is 5.99. The number of hydrogen-bond donors (Lipinski definition) is 2. The van der Waals surface area contributed by atoms with Crippen molar-refractivity contribution in [2.45, 2.75) is 57.7 Å². The number of hydrogen-bond acceptors (Lipinski definition) is 4. The van der Waals surface area contributed by atoms with Gasteiger partial charge in [0.15, 0.2) is 0 Å². The molecule has 3 aromatic carbocycles. The van der Waals surface area contributed by atoms with Gasteiger partial charge >= 0.3 is 0 Å². The van der Waals surface area contributed by atoms with Gasteiger partial charge in [0.25, 0.3) is 0 Å². The first-order valence-corrected chi connectivity index (χ1v) is 15.3. The molecule has 6 rings (SSSR count). The van der Waals surface area contributed by atoms with Gasteiger partial charge in [0.1, 0.15) is 0 Å². The van der Waals surface area contributed by atoms with E-state index in [-0.39, 0.29) is 17.1 Å². The largest absolute Gasteiger partial charge is 0.354 e. The van der Waals surface area contributed by atoms with Crippen molar-refractivity contribution in [2.24, 2.45) is 4.99 Å². The Hall–Kier alpha value is -2.80. The summed E-state index contributed by atoms with van der Waals surface area (Å²) in [6.45, 7) is 8.94. The van der Waals surface area contributed by atoms with Crippen molar-refractivity contribution in [3.05, 3.63) is 98.2 Å². The van der Waals surface area contributed by atoms with Gasteiger partial charge in [-0.05, 0) is 101 Å². The first-order valence-electron chi connectivity index (χ1n) is 13.8. The number of anilines is 2. The Morgan fingerprint density at radius 2 is 1.48 bits per heavy atom. The van der Waals surface area contributed by atoms with Gasteiger partial charge in [-0.1, -0.05) is 58.5 Å². The number of rotatable bonds is 4. The van der Waals surface area contributed by atoms with Crippen molar-refractivity contribution in [1.29, 1.82) is 0 Å². The van der Waals surface area contributed by atoms with E-state index in [9.17, 15) is 0 Å². The van der Waals surface area contributed by atoms with Gasteiger partial charge in [-0.25, -0.2) is 4.98 Å². The van der Waals surface area contributed by atoms with Crippen molar-refractivity contribution < 1.29 is 0 Å². The summed E-state index contributed by atoms with van der Waals surface area (Å²) in [6, 6.07) is 23.5. The Kier molecular flexibility index (Phi) is 7.70. The molecule has 9 heteroatoms. The number of aromatic nitrogens is 2. The molecule has 0 spiro atoms. The molecule has 1 fully saturated rings. The zero-order valence-corrected chi connectivity index (χ0v) is 26.8. The Morgan fingerprint density at radius 1 is 0.810 bits per heavy atom. The van der Waals surface area contributed by atoms with Crippen LogP contribution >= 0.6 is 46.4 Å². The van der Waals surface area contributed by atoms with E-state index in [0.717, 1.165) is 57.7 Å². The molecule has 2 N–H and O–H groups in total. The molecule has 2 aliphatic heterocycles. The van der Waals surface area contributed by atoms with Crippen molar-refractivity contribution >= 4 is 68.8 Å². The van der Waals surface area contributed by atoms with Gasteiger partial charge in [-0.3, -0.25) is 4.99 Å². The topological polar surface area (TPSA) is 54.2 Å². The molecular formula is C33H31Cl4N5. The molecular weight excluding hydrogens is 608 g/mol. The smallest absolute Gasteiger partial charge is 0.0900 e. The number of benzene rings is 4. The van der Waals surface area contributed by atoms with Crippen LogP contribution in [0.2, 0.25) is 20.1 Å². The number of fused-ring (bicyclic) bond motifs is 2. The maximum absolute atomic E-state index is 6.50. The minimum Gasteiger partial charge on any atom is -0.354 e. The van der Waals surface area contributed by atoms with E-state index in [0.29, 0.717) is 20.1 Å². The molecule has 0 radical (unpaired) electrons. The summed E-state index contributed by atoms with van der Waals surface area (Å²) in [5.41, 5.74) is 5.91. The molecule has 5 nitrogen and oxygen atoms in total. The van der Waals surface area contributed by atoms with Crippen LogP contribution in [0.5, 0.6) is 0 Å². The van der Waals surface area contributed by atoms with E-state index in [4.69, 9.17) is 56.4 Å². The zero-order chi connectivity index (χ0) is 29.8. The molecule has 1 saturated heterocycles. The summed E-state index contributed by atoms with van der Waals surface area (Å²) in [6.07, 6.45) is 1.81. The molecule has 0 saturated carbocycles. The Bertz CT molecular complexity index is 1840. The minimum atomic E-state index is -0.0538. The average molecular weight is 639 g/mol. The number of piperidine rings is 1. The highest BCUT2D eigenvalue weighted by molar-refractivity contribution is 6.42. The number of halogens is 4. The van der Waals surface area contributed by atoms with E-state index in [1.807, 2.05) is 48.5 Å². The lowest BCUT2D eigenvalue weighted by atomic mass is 9.80. The fraction of sp³-hybridized carbons (Fsp3) is 0.273. The second-order valence-electron chi connectivity index (χ2n) is 12.2. The second-order valence-corrected chi connectivity index (χ2v) is 13.9. The molecule has 0 unspecified atom stereocenters. The highest BCUT2D eigenvalue weighted by atomic mass is 35.5. The van der Waals surface area contributed by atoms with Gasteiger partial charge in [0.2, 0.25) is 0 Å². The molecule has 0 bridgehead atoms. The maximum atomic E-state index is 6.50. The SMILES string of the molecule is CC1(C)CC(N=c2cc3n(-c4ccc(Cl)c(Cl)c4)c4ccccc4nc-3cc2Nc2ccc(Cl)c(Cl)c2)CC(C)(C)N1. The lowest BCUT2D eigenvalue weighted by Crippen LogP contribution is -2.59. The predicted octanol–water partition coefficient (Wildman–Crippen LogP) is 9.70. The van der Waals surface area contributed by atoms with Crippen LogP contribution in [0.4, 0.5) is 11.4 Å². The van der Waals surface area contributed by atoms with Gasteiger partial charge < -0.3 is 15.2 Å². The van der Waals surface area contributed by atoms with Gasteiger partial charge in [0, 0.05) is 22.5 Å². The van der Waals surface area contributed by atoms with E-state index < -0.39 is 0 Å².